The fourth-order valence-electron chi connectivity index (χ4n) is 1.50. The number of nitrogens with zero attached hydrogens (tertiary/aromatic N) is 1. The predicted molar refractivity (Wildman–Crippen MR) is 76.8 cm³/mol. The molecule has 1 N–H and O–H groups in total. The van der Waals surface area contributed by atoms with Crippen molar-refractivity contribution < 1.29 is 0 Å². The quantitative estimate of drug-likeness (QED) is 0.850. The SMILES string of the molecule is CNC(C)c1cnc(-c2ccc(SC)cc2)s1. The van der Waals surface area contributed by atoms with Gasteiger partial charge < -0.3 is 5.32 Å². The molecule has 2 rings (SSSR count). The van der Waals surface area contributed by atoms with Gasteiger partial charge in [0.25, 0.3) is 0 Å². The standard InChI is InChI=1S/C13H16N2S2/c1-9(14-2)12-8-15-13(17-12)10-4-6-11(16-3)7-5-10/h4-9,14H,1-3H3. The van der Waals surface area contributed by atoms with Gasteiger partial charge in [0.1, 0.15) is 5.01 Å². The van der Waals surface area contributed by atoms with Crippen LogP contribution >= 0.6 is 23.1 Å². The Morgan fingerprint density at radius 2 is 2.00 bits per heavy atom. The first-order chi connectivity index (χ1) is 8.24. The van der Waals surface area contributed by atoms with E-state index in [0.717, 1.165) is 5.01 Å². The van der Waals surface area contributed by atoms with Gasteiger partial charge in [-0.25, -0.2) is 4.98 Å². The largest absolute Gasteiger partial charge is 0.312 e. The van der Waals surface area contributed by atoms with Crippen LogP contribution < -0.4 is 5.32 Å². The van der Waals surface area contributed by atoms with Crippen molar-refractivity contribution in [3.63, 3.8) is 0 Å². The van der Waals surface area contributed by atoms with Gasteiger partial charge in [0.15, 0.2) is 0 Å². The lowest BCUT2D eigenvalue weighted by Gasteiger charge is -2.04. The van der Waals surface area contributed by atoms with Gasteiger partial charge in [0.2, 0.25) is 0 Å². The van der Waals surface area contributed by atoms with Crippen molar-refractivity contribution in [2.45, 2.75) is 17.9 Å². The highest BCUT2D eigenvalue weighted by Gasteiger charge is 2.09. The van der Waals surface area contributed by atoms with Crippen molar-refractivity contribution in [3.05, 3.63) is 35.3 Å². The van der Waals surface area contributed by atoms with Crippen molar-refractivity contribution in [2.24, 2.45) is 0 Å². The summed E-state index contributed by atoms with van der Waals surface area (Å²) in [6.45, 7) is 2.15. The number of rotatable bonds is 4. The van der Waals surface area contributed by atoms with Crippen molar-refractivity contribution in [2.75, 3.05) is 13.3 Å². The molecule has 0 amide bonds. The molecule has 0 spiro atoms. The highest BCUT2D eigenvalue weighted by Crippen LogP contribution is 2.29. The molecule has 4 heteroatoms. The van der Waals surface area contributed by atoms with E-state index < -0.39 is 0 Å². The molecule has 17 heavy (non-hydrogen) atoms. The van der Waals surface area contributed by atoms with E-state index in [1.807, 2.05) is 13.2 Å². The Hall–Kier alpha value is -0.840. The van der Waals surface area contributed by atoms with Crippen LogP contribution in [0, 0.1) is 0 Å². The van der Waals surface area contributed by atoms with Crippen LogP contribution in [0.1, 0.15) is 17.8 Å². The van der Waals surface area contributed by atoms with Crippen LogP contribution in [0.15, 0.2) is 35.4 Å². The summed E-state index contributed by atoms with van der Waals surface area (Å²) in [7, 11) is 1.97. The molecular formula is C13H16N2S2. The summed E-state index contributed by atoms with van der Waals surface area (Å²) in [6.07, 6.45) is 4.05. The van der Waals surface area contributed by atoms with Crippen LogP contribution in [-0.4, -0.2) is 18.3 Å². The molecule has 0 fully saturated rings. The van der Waals surface area contributed by atoms with Gasteiger partial charge in [0.05, 0.1) is 0 Å². The fraction of sp³-hybridized carbons (Fsp3) is 0.308. The minimum absolute atomic E-state index is 0.367. The normalized spacial score (nSPS) is 12.6. The van der Waals surface area contributed by atoms with Gasteiger partial charge in [-0.05, 0) is 32.4 Å². The molecule has 1 aromatic carbocycles. The van der Waals surface area contributed by atoms with E-state index in [4.69, 9.17) is 0 Å². The lowest BCUT2D eigenvalue weighted by atomic mass is 10.2. The summed E-state index contributed by atoms with van der Waals surface area (Å²) in [6, 6.07) is 8.92. The zero-order valence-electron chi connectivity index (χ0n) is 10.2. The molecule has 0 aliphatic carbocycles. The molecule has 1 heterocycles. The Balaban J connectivity index is 2.24. The van der Waals surface area contributed by atoms with Gasteiger partial charge in [-0.3, -0.25) is 0 Å². The lowest BCUT2D eigenvalue weighted by Crippen LogP contribution is -2.10. The molecule has 1 atom stereocenters. The third kappa shape index (κ3) is 2.89. The number of hydrogen-bond acceptors (Lipinski definition) is 4. The van der Waals surface area contributed by atoms with E-state index in [0.29, 0.717) is 6.04 Å². The Bertz CT molecular complexity index is 476. The smallest absolute Gasteiger partial charge is 0.123 e. The third-order valence-corrected chi connectivity index (χ3v) is 4.69. The molecule has 0 saturated carbocycles. The maximum Gasteiger partial charge on any atom is 0.123 e. The third-order valence-electron chi connectivity index (χ3n) is 2.72. The number of nitrogens with one attached hydrogen (secondary N) is 1. The fourth-order valence-corrected chi connectivity index (χ4v) is 2.89. The summed E-state index contributed by atoms with van der Waals surface area (Å²) in [5.74, 6) is 0. The van der Waals surface area contributed by atoms with Gasteiger partial charge >= 0.3 is 0 Å². The first-order valence-corrected chi connectivity index (χ1v) is 7.56. The molecule has 0 bridgehead atoms. The van der Waals surface area contributed by atoms with E-state index in [9.17, 15) is 0 Å². The first-order valence-electron chi connectivity index (χ1n) is 5.52. The molecule has 1 aromatic heterocycles. The van der Waals surface area contributed by atoms with Crippen molar-refractivity contribution in [3.8, 4) is 10.6 Å². The van der Waals surface area contributed by atoms with E-state index in [2.05, 4.69) is 47.7 Å². The Morgan fingerprint density at radius 3 is 2.59 bits per heavy atom. The van der Waals surface area contributed by atoms with Gasteiger partial charge in [-0.2, -0.15) is 0 Å². The molecular weight excluding hydrogens is 248 g/mol. The van der Waals surface area contributed by atoms with Gasteiger partial charge in [-0.15, -0.1) is 23.1 Å². The molecule has 2 aromatic rings. The minimum Gasteiger partial charge on any atom is -0.312 e. The Kier molecular flexibility index (Phi) is 4.20. The highest BCUT2D eigenvalue weighted by molar-refractivity contribution is 7.98. The molecule has 90 valence electrons. The average Bonchev–Trinajstić information content (AvgIpc) is 2.87. The van der Waals surface area contributed by atoms with Crippen molar-refractivity contribution in [1.29, 1.82) is 0 Å². The van der Waals surface area contributed by atoms with E-state index in [-0.39, 0.29) is 0 Å². The van der Waals surface area contributed by atoms with Crippen LogP contribution in [0.4, 0.5) is 0 Å². The maximum absolute atomic E-state index is 4.48. The topological polar surface area (TPSA) is 24.9 Å². The first kappa shape index (κ1) is 12.6. The average molecular weight is 264 g/mol. The molecule has 0 radical (unpaired) electrons. The summed E-state index contributed by atoms with van der Waals surface area (Å²) in [4.78, 5) is 7.04. The van der Waals surface area contributed by atoms with E-state index in [1.54, 1.807) is 23.1 Å². The zero-order chi connectivity index (χ0) is 12.3. The predicted octanol–water partition coefficient (Wildman–Crippen LogP) is 3.81. The van der Waals surface area contributed by atoms with E-state index in [1.165, 1.54) is 15.3 Å². The minimum atomic E-state index is 0.367. The van der Waals surface area contributed by atoms with Gasteiger partial charge in [0, 0.05) is 27.6 Å². The van der Waals surface area contributed by atoms with Crippen molar-refractivity contribution in [1.82, 2.24) is 10.3 Å². The summed E-state index contributed by atoms with van der Waals surface area (Å²) < 4.78 is 0. The van der Waals surface area contributed by atoms with Crippen LogP contribution in [0.5, 0.6) is 0 Å². The Morgan fingerprint density at radius 1 is 1.29 bits per heavy atom. The maximum atomic E-state index is 4.48. The molecule has 2 nitrogen and oxygen atoms in total. The van der Waals surface area contributed by atoms with Crippen LogP contribution in [0.25, 0.3) is 10.6 Å². The highest BCUT2D eigenvalue weighted by atomic mass is 32.2. The number of thioether (sulfide) groups is 1. The van der Waals surface area contributed by atoms with Crippen molar-refractivity contribution >= 4 is 23.1 Å². The lowest BCUT2D eigenvalue weighted by molar-refractivity contribution is 0.662. The van der Waals surface area contributed by atoms with E-state index >= 15 is 0 Å². The second-order valence-electron chi connectivity index (χ2n) is 3.81. The molecule has 1 unspecified atom stereocenters. The second kappa shape index (κ2) is 5.67. The summed E-state index contributed by atoms with van der Waals surface area (Å²) in [5, 5.41) is 4.32. The number of thiazole rings is 1. The summed E-state index contributed by atoms with van der Waals surface area (Å²) in [5.41, 5.74) is 1.20. The number of aromatic nitrogens is 1. The molecule has 0 saturated heterocycles. The second-order valence-corrected chi connectivity index (χ2v) is 5.75. The number of hydrogen-bond donors (Lipinski definition) is 1. The monoisotopic (exact) mass is 264 g/mol. The van der Waals surface area contributed by atoms with Crippen LogP contribution in [0.2, 0.25) is 0 Å². The molecule has 0 aliphatic rings. The zero-order valence-corrected chi connectivity index (χ0v) is 11.9. The van der Waals surface area contributed by atoms with Crippen LogP contribution in [-0.2, 0) is 0 Å². The Labute approximate surface area is 110 Å². The van der Waals surface area contributed by atoms with Crippen LogP contribution in [0.3, 0.4) is 0 Å². The number of benzene rings is 1. The molecule has 0 aliphatic heterocycles. The summed E-state index contributed by atoms with van der Waals surface area (Å²) >= 11 is 3.51. The van der Waals surface area contributed by atoms with Gasteiger partial charge in [-0.1, -0.05) is 12.1 Å².